The first-order chi connectivity index (χ1) is 6.81. The zero-order chi connectivity index (χ0) is 9.97. The summed E-state index contributed by atoms with van der Waals surface area (Å²) in [5, 5.41) is 0. The Balaban J connectivity index is 2.43. The quantitative estimate of drug-likeness (QED) is 0.685. The fraction of sp³-hybridized carbons (Fsp3) is 0.0909. The number of carbonyl (C=O) groups is 1. The van der Waals surface area contributed by atoms with Crippen LogP contribution in [-0.2, 0) is 11.3 Å². The minimum atomic E-state index is -0.00634. The summed E-state index contributed by atoms with van der Waals surface area (Å²) in [6.07, 6.45) is 3.00. The lowest BCUT2D eigenvalue weighted by molar-refractivity contribution is -0.115. The molecule has 1 aromatic heterocycles. The minimum absolute atomic E-state index is 0.00634. The van der Waals surface area contributed by atoms with E-state index in [2.05, 4.69) is 11.6 Å². The Morgan fingerprint density at radius 1 is 1.50 bits per heavy atom. The number of hydrogen-bond donors (Lipinski definition) is 0. The number of ketones is 1. The Morgan fingerprint density at radius 2 is 2.29 bits per heavy atom. The van der Waals surface area contributed by atoms with Gasteiger partial charge in [-0.2, -0.15) is 0 Å². The molecular weight excluding hydrogens is 176 g/mol. The SMILES string of the molecule is C=CC(=O)Cn1cnc2ccccc21. The summed E-state index contributed by atoms with van der Waals surface area (Å²) >= 11 is 0. The highest BCUT2D eigenvalue weighted by Gasteiger charge is 2.03. The van der Waals surface area contributed by atoms with Crippen molar-refractivity contribution in [2.45, 2.75) is 6.54 Å². The van der Waals surface area contributed by atoms with Crippen LogP contribution < -0.4 is 0 Å². The van der Waals surface area contributed by atoms with Gasteiger partial charge >= 0.3 is 0 Å². The van der Waals surface area contributed by atoms with Gasteiger partial charge in [-0.1, -0.05) is 18.7 Å². The number of carbonyl (C=O) groups excluding carboxylic acids is 1. The number of allylic oxidation sites excluding steroid dienone is 1. The number of rotatable bonds is 3. The van der Waals surface area contributed by atoms with Crippen LogP contribution in [0, 0.1) is 0 Å². The van der Waals surface area contributed by atoms with Crippen molar-refractivity contribution in [3.63, 3.8) is 0 Å². The fourth-order valence-corrected chi connectivity index (χ4v) is 1.37. The van der Waals surface area contributed by atoms with Gasteiger partial charge in [0.2, 0.25) is 0 Å². The number of hydrogen-bond acceptors (Lipinski definition) is 2. The summed E-state index contributed by atoms with van der Waals surface area (Å²) in [7, 11) is 0. The van der Waals surface area contributed by atoms with Gasteiger partial charge in [-0.05, 0) is 18.2 Å². The maximum absolute atomic E-state index is 11.2. The van der Waals surface area contributed by atoms with E-state index in [1.807, 2.05) is 28.8 Å². The molecule has 2 aromatic rings. The van der Waals surface area contributed by atoms with Crippen molar-refractivity contribution in [2.75, 3.05) is 0 Å². The molecule has 0 atom stereocenters. The van der Waals surface area contributed by atoms with E-state index in [1.165, 1.54) is 6.08 Å². The van der Waals surface area contributed by atoms with Crippen LogP contribution in [0.1, 0.15) is 0 Å². The van der Waals surface area contributed by atoms with Crippen LogP contribution >= 0.6 is 0 Å². The number of imidazole rings is 1. The normalized spacial score (nSPS) is 10.3. The lowest BCUT2D eigenvalue weighted by atomic mass is 10.3. The average molecular weight is 186 g/mol. The molecule has 3 nitrogen and oxygen atoms in total. The molecule has 70 valence electrons. The van der Waals surface area contributed by atoms with Crippen LogP contribution in [0.4, 0.5) is 0 Å². The molecule has 0 saturated carbocycles. The van der Waals surface area contributed by atoms with Gasteiger partial charge in [0.05, 0.1) is 23.9 Å². The van der Waals surface area contributed by atoms with Gasteiger partial charge in [0.1, 0.15) is 0 Å². The first kappa shape index (κ1) is 8.69. The lowest BCUT2D eigenvalue weighted by Crippen LogP contribution is -2.05. The summed E-state index contributed by atoms with van der Waals surface area (Å²) in [6, 6.07) is 7.72. The first-order valence-electron chi connectivity index (χ1n) is 4.36. The highest BCUT2D eigenvalue weighted by molar-refractivity contribution is 5.90. The molecule has 0 N–H and O–H groups in total. The molecule has 0 bridgehead atoms. The monoisotopic (exact) mass is 186 g/mol. The zero-order valence-corrected chi connectivity index (χ0v) is 7.68. The standard InChI is InChI=1S/C11H10N2O/c1-2-9(14)7-13-8-12-10-5-3-4-6-11(10)13/h2-6,8H,1,7H2. The molecule has 0 aliphatic carbocycles. The third kappa shape index (κ3) is 1.44. The Bertz CT molecular complexity index is 485. The second-order valence-electron chi connectivity index (χ2n) is 3.03. The van der Waals surface area contributed by atoms with Crippen LogP contribution in [-0.4, -0.2) is 15.3 Å². The number of nitrogens with zero attached hydrogens (tertiary/aromatic N) is 2. The van der Waals surface area contributed by atoms with E-state index in [-0.39, 0.29) is 5.78 Å². The van der Waals surface area contributed by atoms with Crippen molar-refractivity contribution in [1.29, 1.82) is 0 Å². The number of aromatic nitrogens is 2. The second-order valence-corrected chi connectivity index (χ2v) is 3.03. The van der Waals surface area contributed by atoms with Crippen LogP contribution in [0.5, 0.6) is 0 Å². The van der Waals surface area contributed by atoms with Gasteiger partial charge in [-0.15, -0.1) is 0 Å². The van der Waals surface area contributed by atoms with Crippen LogP contribution in [0.25, 0.3) is 11.0 Å². The van der Waals surface area contributed by atoms with Gasteiger partial charge in [-0.25, -0.2) is 4.98 Å². The van der Waals surface area contributed by atoms with Gasteiger partial charge in [0.25, 0.3) is 0 Å². The van der Waals surface area contributed by atoms with Gasteiger partial charge in [-0.3, -0.25) is 4.79 Å². The molecule has 1 heterocycles. The maximum atomic E-state index is 11.2. The zero-order valence-electron chi connectivity index (χ0n) is 7.68. The number of fused-ring (bicyclic) bond motifs is 1. The van der Waals surface area contributed by atoms with Crippen LogP contribution in [0.2, 0.25) is 0 Å². The van der Waals surface area contributed by atoms with Crippen molar-refractivity contribution < 1.29 is 4.79 Å². The highest BCUT2D eigenvalue weighted by atomic mass is 16.1. The molecule has 14 heavy (non-hydrogen) atoms. The summed E-state index contributed by atoms with van der Waals surface area (Å²) < 4.78 is 1.82. The molecule has 0 fully saturated rings. The Morgan fingerprint density at radius 3 is 3.07 bits per heavy atom. The van der Waals surface area contributed by atoms with E-state index >= 15 is 0 Å². The summed E-state index contributed by atoms with van der Waals surface area (Å²) in [5.74, 6) is -0.00634. The lowest BCUT2D eigenvalue weighted by Gasteiger charge is -1.99. The highest BCUT2D eigenvalue weighted by Crippen LogP contribution is 2.11. The van der Waals surface area contributed by atoms with E-state index in [1.54, 1.807) is 6.33 Å². The van der Waals surface area contributed by atoms with E-state index in [4.69, 9.17) is 0 Å². The average Bonchev–Trinajstić information content (AvgIpc) is 2.62. The van der Waals surface area contributed by atoms with Crippen molar-refractivity contribution in [2.24, 2.45) is 0 Å². The van der Waals surface area contributed by atoms with Crippen LogP contribution in [0.3, 0.4) is 0 Å². The van der Waals surface area contributed by atoms with E-state index in [9.17, 15) is 4.79 Å². The van der Waals surface area contributed by atoms with Crippen molar-refractivity contribution in [3.05, 3.63) is 43.2 Å². The fourth-order valence-electron chi connectivity index (χ4n) is 1.37. The molecule has 0 saturated heterocycles. The molecule has 0 aliphatic heterocycles. The Kier molecular flexibility index (Phi) is 2.14. The third-order valence-electron chi connectivity index (χ3n) is 2.08. The van der Waals surface area contributed by atoms with E-state index < -0.39 is 0 Å². The molecule has 0 unspecified atom stereocenters. The molecule has 1 aromatic carbocycles. The molecule has 2 rings (SSSR count). The topological polar surface area (TPSA) is 34.9 Å². The van der Waals surface area contributed by atoms with Gasteiger partial charge in [0.15, 0.2) is 5.78 Å². The summed E-state index contributed by atoms with van der Waals surface area (Å²) in [4.78, 5) is 15.3. The molecule has 0 aliphatic rings. The third-order valence-corrected chi connectivity index (χ3v) is 2.08. The number of benzene rings is 1. The van der Waals surface area contributed by atoms with Crippen molar-refractivity contribution in [3.8, 4) is 0 Å². The van der Waals surface area contributed by atoms with Crippen molar-refractivity contribution >= 4 is 16.8 Å². The maximum Gasteiger partial charge on any atom is 0.174 e. The Labute approximate surface area is 81.7 Å². The number of para-hydroxylation sites is 2. The summed E-state index contributed by atoms with van der Waals surface area (Å²) in [5.41, 5.74) is 1.88. The molecule has 0 radical (unpaired) electrons. The second kappa shape index (κ2) is 3.46. The van der Waals surface area contributed by atoms with Crippen molar-refractivity contribution in [1.82, 2.24) is 9.55 Å². The van der Waals surface area contributed by atoms with Gasteiger partial charge in [0, 0.05) is 0 Å². The van der Waals surface area contributed by atoms with E-state index in [0.29, 0.717) is 6.54 Å². The smallest absolute Gasteiger partial charge is 0.174 e. The largest absolute Gasteiger partial charge is 0.323 e. The van der Waals surface area contributed by atoms with E-state index in [0.717, 1.165) is 11.0 Å². The molecule has 3 heteroatoms. The molecule has 0 amide bonds. The van der Waals surface area contributed by atoms with Crippen LogP contribution in [0.15, 0.2) is 43.2 Å². The first-order valence-corrected chi connectivity index (χ1v) is 4.36. The Hall–Kier alpha value is -1.90. The summed E-state index contributed by atoms with van der Waals surface area (Å²) in [6.45, 7) is 3.75. The molecule has 0 spiro atoms. The minimum Gasteiger partial charge on any atom is -0.323 e. The predicted molar refractivity (Wildman–Crippen MR) is 54.9 cm³/mol. The van der Waals surface area contributed by atoms with Gasteiger partial charge < -0.3 is 4.57 Å². The molecular formula is C11H10N2O. The predicted octanol–water partition coefficient (Wildman–Crippen LogP) is 1.79.